The fraction of sp³-hybridized carbons (Fsp3) is 0.894. The normalized spacial score (nSPS) is 21.8. The SMILES string of the molecule is CS(=O)(=O)OCC1(F)CCOCC1.N#CC(O)C1(F)CCOCC1.N#CC1OC12CCOCC2.N#CCCl.NCC1(F)CCOCC1.O=C1CCOCC1.O=CO[O-].OCC1(F)CCOCC1.[B].[H-].[HH].[N-]=[N+]=NCC1(F)CCOCC1.[N-]=[N+]=[N-].[Na+].[Na+].[Na+]. The van der Waals surface area contributed by atoms with Crippen molar-refractivity contribution in [1.82, 2.24) is 0 Å². The van der Waals surface area contributed by atoms with E-state index in [1.54, 1.807) is 6.07 Å². The minimum atomic E-state index is -3.54. The number of alkyl halides is 6. The van der Waals surface area contributed by atoms with Gasteiger partial charge in [0.2, 0.25) is 0 Å². The number of carbonyl (C=O) groups excluding carboxylic acids is 2. The molecule has 473 valence electrons. The summed E-state index contributed by atoms with van der Waals surface area (Å²) >= 11 is 4.82. The molecule has 0 aromatic carbocycles. The van der Waals surface area contributed by atoms with Gasteiger partial charge in [-0.25, -0.2) is 22.0 Å². The molecule has 8 saturated heterocycles. The molecule has 0 amide bonds. The Hall–Kier alpha value is -1.34. The summed E-state index contributed by atoms with van der Waals surface area (Å²) in [6.45, 7) is 5.91. The number of nitrogens with zero attached hydrogens (tertiary/aromatic N) is 9. The molecule has 8 fully saturated rings. The van der Waals surface area contributed by atoms with Gasteiger partial charge in [0.05, 0.1) is 50.8 Å². The number of azide groups is 1. The molecular weight excluding hydrogens is 1220 g/mol. The first-order chi connectivity index (χ1) is 38.4. The third-order valence-electron chi connectivity index (χ3n) is 12.5. The largest absolute Gasteiger partial charge is 1.00 e. The number of epoxide rings is 1. The van der Waals surface area contributed by atoms with Crippen LogP contribution in [0.1, 0.15) is 92.7 Å². The number of hydrogen-bond donors (Lipinski definition) is 3. The number of nitrogens with two attached hydrogens (primary N) is 1. The number of ether oxygens (including phenoxy) is 8. The van der Waals surface area contributed by atoms with E-state index in [0.717, 1.165) is 32.3 Å². The van der Waals surface area contributed by atoms with Crippen LogP contribution in [-0.2, 0) is 66.7 Å². The van der Waals surface area contributed by atoms with E-state index in [9.17, 15) is 35.2 Å². The van der Waals surface area contributed by atoms with Crippen molar-refractivity contribution in [2.45, 2.75) is 136 Å². The molecule has 27 nitrogen and oxygen atoms in total. The molecule has 2 atom stereocenters. The van der Waals surface area contributed by atoms with Crippen LogP contribution < -0.4 is 99.7 Å². The number of rotatable bonds is 9. The first-order valence-electron chi connectivity index (χ1n) is 25.4. The number of aliphatic hydroxyl groups is 2. The summed E-state index contributed by atoms with van der Waals surface area (Å²) in [5.74, 6) is 0.436. The Morgan fingerprint density at radius 1 is 0.753 bits per heavy atom. The summed E-state index contributed by atoms with van der Waals surface area (Å²) in [4.78, 5) is 25.7. The van der Waals surface area contributed by atoms with E-state index < -0.39 is 51.2 Å². The van der Waals surface area contributed by atoms with Crippen LogP contribution in [0.2, 0.25) is 0 Å². The summed E-state index contributed by atoms with van der Waals surface area (Å²) in [5, 5.41) is 53.4. The Morgan fingerprint density at radius 2 is 1.09 bits per heavy atom. The molecule has 2 unspecified atom stereocenters. The minimum absolute atomic E-state index is 0. The molecule has 8 aliphatic heterocycles. The number of nitriles is 3. The number of aliphatic hydroxyl groups excluding tert-OH is 2. The Labute approximate surface area is 569 Å². The van der Waals surface area contributed by atoms with E-state index in [-0.39, 0.29) is 183 Å². The standard InChI is InChI=1S/C7H10FNO2.C7H13FO4S.C7H9NO2.C6H10FN3O.C6H12FNO.C6H11FO2.C5H8O2.C2H2ClN.CH2O3.B.N3.3Na.H2.H/c8-7(6(10)5-9)1-3-11-4-2-7;1-13(9,10)12-6-7(8)2-4-11-5-3-7;8-5-6-7(10-6)1-3-9-4-2-7;7-6(5-9-10-8)1-3-11-4-2-6;2*7-6(5-8)1-3-9-4-2-6;6-5-1-3-7-4-2-5;3-1-2-4;2-1-4-3;;1-3-2;;;;;/h6,10H,1-4H2;2-6H2,1H3;6H,1-4H2;1-5H2;1-5,8H2;8H,1-5H2;1-4H2;1H2;1,3H;;;;;;1H;/q;;;;;;;;;;-1;3*+1;;-1/p-1. The van der Waals surface area contributed by atoms with Crippen LogP contribution in [0.15, 0.2) is 5.11 Å². The number of hydrogen-bond acceptors (Lipinski definition) is 22. The van der Waals surface area contributed by atoms with E-state index in [4.69, 9.17) is 108 Å². The van der Waals surface area contributed by atoms with Crippen LogP contribution in [0.25, 0.3) is 26.4 Å². The maximum absolute atomic E-state index is 13.6. The number of ketones is 1. The van der Waals surface area contributed by atoms with Gasteiger partial charge in [0, 0.05) is 190 Å². The molecular formula is C47H79BClF5N10Na3O17S. The fourth-order valence-electron chi connectivity index (χ4n) is 7.13. The van der Waals surface area contributed by atoms with E-state index >= 15 is 0 Å². The molecule has 8 heterocycles. The second kappa shape index (κ2) is 55.5. The van der Waals surface area contributed by atoms with Crippen LogP contribution in [0.4, 0.5) is 22.0 Å². The zero-order valence-corrected chi connectivity index (χ0v) is 56.5. The average molecular weight is 1300 g/mol. The van der Waals surface area contributed by atoms with Crippen molar-refractivity contribution in [3.8, 4) is 18.2 Å². The van der Waals surface area contributed by atoms with Gasteiger partial charge in [-0.2, -0.15) is 24.2 Å². The van der Waals surface area contributed by atoms with Gasteiger partial charge in [0.15, 0.2) is 17.9 Å². The summed E-state index contributed by atoms with van der Waals surface area (Å²) < 4.78 is 132. The quantitative estimate of drug-likeness (QED) is 0.0159. The topological polar surface area (TPSA) is 432 Å². The van der Waals surface area contributed by atoms with Crippen molar-refractivity contribution < 1.29 is 194 Å². The van der Waals surface area contributed by atoms with Gasteiger partial charge >= 0.3 is 88.7 Å². The van der Waals surface area contributed by atoms with Crippen molar-refractivity contribution in [3.63, 3.8) is 0 Å². The predicted octanol–water partition coefficient (Wildman–Crippen LogP) is -4.49. The number of Topliss-reactive ketones (excluding diaryl/α,β-unsaturated/α-hetero) is 1. The number of halogens is 6. The van der Waals surface area contributed by atoms with Crippen LogP contribution >= 0.6 is 11.6 Å². The van der Waals surface area contributed by atoms with Crippen LogP contribution in [0.5, 0.6) is 0 Å². The molecule has 38 heteroatoms. The van der Waals surface area contributed by atoms with Crippen molar-refractivity contribution in [1.29, 1.82) is 15.8 Å². The molecule has 0 aromatic heterocycles. The first kappa shape index (κ1) is 94.8. The van der Waals surface area contributed by atoms with E-state index in [0.29, 0.717) is 123 Å². The monoisotopic (exact) mass is 1300 g/mol. The first-order valence-corrected chi connectivity index (χ1v) is 27.7. The molecule has 0 aromatic rings. The Kier molecular flexibility index (Phi) is 61.9. The summed E-state index contributed by atoms with van der Waals surface area (Å²) in [6, 6.07) is 5.32. The van der Waals surface area contributed by atoms with Gasteiger partial charge in [0.25, 0.3) is 16.6 Å². The summed E-state index contributed by atoms with van der Waals surface area (Å²) in [5.41, 5.74) is 19.5. The Balaban J connectivity index is -0.000000135. The second-order valence-corrected chi connectivity index (χ2v) is 20.4. The molecule has 1 spiro atoms. The molecule has 3 radical (unpaired) electrons. The molecule has 8 rings (SSSR count). The van der Waals surface area contributed by atoms with Gasteiger partial charge in [-0.1, -0.05) is 5.11 Å². The number of carbonyl (C=O) groups is 2. The molecule has 0 bridgehead atoms. The van der Waals surface area contributed by atoms with Crippen molar-refractivity contribution >= 4 is 42.4 Å². The van der Waals surface area contributed by atoms with Crippen molar-refractivity contribution in [2.75, 3.05) is 131 Å². The summed E-state index contributed by atoms with van der Waals surface area (Å²) in [6.07, 6.45) is 5.20. The van der Waals surface area contributed by atoms with Gasteiger partial charge < -0.3 is 76.5 Å². The van der Waals surface area contributed by atoms with Gasteiger partial charge in [-0.15, -0.1) is 11.6 Å². The maximum atomic E-state index is 13.6. The molecule has 85 heavy (non-hydrogen) atoms. The minimum Gasteiger partial charge on any atom is -1.00 e. The fourth-order valence-corrected chi connectivity index (χ4v) is 7.55. The van der Waals surface area contributed by atoms with Crippen LogP contribution in [0.3, 0.4) is 0 Å². The van der Waals surface area contributed by atoms with E-state index in [2.05, 4.69) is 25.2 Å². The zero-order chi connectivity index (χ0) is 61.6. The molecule has 0 aliphatic carbocycles. The summed E-state index contributed by atoms with van der Waals surface area (Å²) in [7, 11) is -3.54. The van der Waals surface area contributed by atoms with Gasteiger partial charge in [-0.05, 0) is 5.53 Å². The van der Waals surface area contributed by atoms with Crippen molar-refractivity contribution in [2.24, 2.45) is 10.8 Å². The van der Waals surface area contributed by atoms with Crippen molar-refractivity contribution in [3.05, 3.63) is 26.4 Å². The molecule has 8 aliphatic rings. The van der Waals surface area contributed by atoms with Crippen LogP contribution in [0, 0.1) is 34.0 Å². The second-order valence-electron chi connectivity index (χ2n) is 18.5. The Bertz CT molecular complexity index is 2030. The van der Waals surface area contributed by atoms with Gasteiger partial charge in [0.1, 0.15) is 46.5 Å². The third-order valence-corrected chi connectivity index (χ3v) is 13.1. The smallest absolute Gasteiger partial charge is 1.00 e. The Morgan fingerprint density at radius 3 is 1.35 bits per heavy atom. The average Bonchev–Trinajstić information content (AvgIpc) is 4.09. The maximum Gasteiger partial charge on any atom is 1.00 e. The van der Waals surface area contributed by atoms with Gasteiger partial charge in [-0.3, -0.25) is 18.7 Å². The van der Waals surface area contributed by atoms with E-state index in [1.807, 2.05) is 0 Å². The van der Waals surface area contributed by atoms with Crippen LogP contribution in [-0.4, -0.2) is 216 Å². The zero-order valence-electron chi connectivity index (χ0n) is 49.9. The third kappa shape index (κ3) is 48.2. The van der Waals surface area contributed by atoms with E-state index in [1.165, 1.54) is 11.0 Å². The predicted molar refractivity (Wildman–Crippen MR) is 283 cm³/mol. The molecule has 0 saturated carbocycles. The molecule has 4 N–H and O–H groups in total.